The van der Waals surface area contributed by atoms with Crippen LogP contribution < -0.4 is 15.8 Å². The Kier molecular flexibility index (Phi) is 6.82. The summed E-state index contributed by atoms with van der Waals surface area (Å²) in [6.45, 7) is 0.685. The minimum absolute atomic E-state index is 0.151. The third kappa shape index (κ3) is 5.11. The van der Waals surface area contributed by atoms with Gasteiger partial charge in [0, 0.05) is 18.8 Å². The lowest BCUT2D eigenvalue weighted by Gasteiger charge is -2.20. The number of aromatic nitrogens is 2. The number of nitrogens with zero attached hydrogens (tertiary/aromatic N) is 2. The SMILES string of the molecule is C[C@H](Oc1cc(-c2cn(C)c(C(N)=O)n2)c(F)cc1C(=O)Nc1c(F)cccc1Cl)C(F)(F)F. The number of rotatable bonds is 6. The third-order valence-corrected chi connectivity index (χ3v) is 4.97. The summed E-state index contributed by atoms with van der Waals surface area (Å²) in [7, 11) is 1.40. The minimum Gasteiger partial charge on any atom is -0.480 e. The number of amides is 2. The summed E-state index contributed by atoms with van der Waals surface area (Å²) in [6.07, 6.45) is -5.99. The van der Waals surface area contributed by atoms with Gasteiger partial charge >= 0.3 is 6.18 Å². The van der Waals surface area contributed by atoms with Crippen molar-refractivity contribution >= 4 is 29.1 Å². The number of para-hydroxylation sites is 1. The molecule has 0 radical (unpaired) electrons. The molecule has 0 unspecified atom stereocenters. The Morgan fingerprint density at radius 2 is 1.88 bits per heavy atom. The van der Waals surface area contributed by atoms with Gasteiger partial charge in [-0.3, -0.25) is 9.59 Å². The van der Waals surface area contributed by atoms with Gasteiger partial charge in [-0.1, -0.05) is 17.7 Å². The molecular formula is C21H16ClF5N4O3. The van der Waals surface area contributed by atoms with Crippen LogP contribution >= 0.6 is 11.6 Å². The second-order valence-electron chi connectivity index (χ2n) is 7.11. The lowest BCUT2D eigenvalue weighted by Crippen LogP contribution is -2.32. The van der Waals surface area contributed by atoms with Crippen molar-refractivity contribution < 1.29 is 36.3 Å². The monoisotopic (exact) mass is 502 g/mol. The number of anilines is 1. The van der Waals surface area contributed by atoms with Gasteiger partial charge in [0.25, 0.3) is 11.8 Å². The summed E-state index contributed by atoms with van der Waals surface area (Å²) in [5.74, 6) is -5.01. The normalized spacial score (nSPS) is 12.4. The van der Waals surface area contributed by atoms with E-state index in [4.69, 9.17) is 22.1 Å². The van der Waals surface area contributed by atoms with Crippen molar-refractivity contribution in [2.75, 3.05) is 5.32 Å². The maximum Gasteiger partial charge on any atom is 0.425 e. The molecule has 1 aromatic heterocycles. The second kappa shape index (κ2) is 9.29. The quantitative estimate of drug-likeness (QED) is 0.477. The van der Waals surface area contributed by atoms with Crippen LogP contribution in [0.15, 0.2) is 36.5 Å². The number of nitrogens with one attached hydrogen (secondary N) is 1. The Morgan fingerprint density at radius 3 is 2.44 bits per heavy atom. The number of imidazole rings is 1. The maximum atomic E-state index is 15.0. The van der Waals surface area contributed by atoms with Crippen LogP contribution in [0.4, 0.5) is 27.6 Å². The average molecular weight is 503 g/mol. The van der Waals surface area contributed by atoms with Crippen LogP contribution in [-0.4, -0.2) is 33.6 Å². The van der Waals surface area contributed by atoms with Crippen LogP contribution in [0.3, 0.4) is 0 Å². The predicted molar refractivity (Wildman–Crippen MR) is 113 cm³/mol. The highest BCUT2D eigenvalue weighted by molar-refractivity contribution is 6.34. The summed E-state index contributed by atoms with van der Waals surface area (Å²) in [6, 6.07) is 4.96. The van der Waals surface area contributed by atoms with Crippen LogP contribution in [0.5, 0.6) is 5.75 Å². The average Bonchev–Trinajstić information content (AvgIpc) is 3.12. The Balaban J connectivity index is 2.11. The summed E-state index contributed by atoms with van der Waals surface area (Å²) in [4.78, 5) is 28.1. The number of hydrogen-bond acceptors (Lipinski definition) is 4. The van der Waals surface area contributed by atoms with E-state index in [9.17, 15) is 31.5 Å². The van der Waals surface area contributed by atoms with Gasteiger partial charge in [0.2, 0.25) is 0 Å². The number of ether oxygens (including phenoxy) is 1. The number of alkyl halides is 3. The van der Waals surface area contributed by atoms with Gasteiger partial charge in [0.05, 0.1) is 22.0 Å². The van der Waals surface area contributed by atoms with Crippen molar-refractivity contribution in [2.45, 2.75) is 19.2 Å². The van der Waals surface area contributed by atoms with Gasteiger partial charge in [-0.25, -0.2) is 13.8 Å². The van der Waals surface area contributed by atoms with Crippen molar-refractivity contribution in [1.82, 2.24) is 9.55 Å². The number of carbonyl (C=O) groups is 2. The van der Waals surface area contributed by atoms with Crippen LogP contribution in [0.2, 0.25) is 5.02 Å². The number of benzene rings is 2. The Bertz CT molecular complexity index is 1260. The molecule has 0 bridgehead atoms. The van der Waals surface area contributed by atoms with E-state index in [1.54, 1.807) is 0 Å². The Morgan fingerprint density at radius 1 is 1.21 bits per heavy atom. The molecule has 0 saturated heterocycles. The van der Waals surface area contributed by atoms with Crippen molar-refractivity contribution in [1.29, 1.82) is 0 Å². The Labute approximate surface area is 194 Å². The molecule has 0 aliphatic rings. The smallest absolute Gasteiger partial charge is 0.425 e. The zero-order valence-electron chi connectivity index (χ0n) is 17.5. The van der Waals surface area contributed by atoms with Crippen LogP contribution in [0, 0.1) is 11.6 Å². The number of halogens is 6. The molecule has 1 heterocycles. The maximum absolute atomic E-state index is 15.0. The first-order valence-corrected chi connectivity index (χ1v) is 9.83. The van der Waals surface area contributed by atoms with Gasteiger partial charge < -0.3 is 20.4 Å². The van der Waals surface area contributed by atoms with Gasteiger partial charge in [-0.2, -0.15) is 13.2 Å². The fourth-order valence-corrected chi connectivity index (χ4v) is 3.12. The molecule has 34 heavy (non-hydrogen) atoms. The van der Waals surface area contributed by atoms with Gasteiger partial charge in [0.1, 0.15) is 17.4 Å². The molecular weight excluding hydrogens is 487 g/mol. The van der Waals surface area contributed by atoms with Gasteiger partial charge in [-0.05, 0) is 31.2 Å². The summed E-state index contributed by atoms with van der Waals surface area (Å²) in [5, 5.41) is 1.92. The fraction of sp³-hybridized carbons (Fsp3) is 0.190. The van der Waals surface area contributed by atoms with Gasteiger partial charge in [-0.15, -0.1) is 0 Å². The summed E-state index contributed by atoms with van der Waals surface area (Å²) in [5.41, 5.74) is 3.55. The molecule has 2 aromatic carbocycles. The first kappa shape index (κ1) is 25.0. The third-order valence-electron chi connectivity index (χ3n) is 4.65. The fourth-order valence-electron chi connectivity index (χ4n) is 2.91. The van der Waals surface area contributed by atoms with E-state index in [1.165, 1.54) is 29.9 Å². The molecule has 7 nitrogen and oxygen atoms in total. The van der Waals surface area contributed by atoms with E-state index in [1.807, 2.05) is 0 Å². The van der Waals surface area contributed by atoms with Crippen molar-refractivity contribution in [3.05, 3.63) is 64.6 Å². The molecule has 3 N–H and O–H groups in total. The number of primary amides is 1. The standard InChI is InChI=1S/C21H16ClF5N4O3/c1-9(21(25,26)27)34-16-7-10(15-8-31(2)19(29-15)18(28)32)14(24)6-11(16)20(33)30-17-12(22)4-3-5-13(17)23/h3-9H,1-2H3,(H2,28,32)(H,30,33)/t9-/m0/s1. The molecule has 180 valence electrons. The predicted octanol–water partition coefficient (Wildman–Crippen LogP) is 4.70. The zero-order chi connectivity index (χ0) is 25.4. The highest BCUT2D eigenvalue weighted by Gasteiger charge is 2.39. The molecule has 0 spiro atoms. The number of nitrogens with two attached hydrogens (primary N) is 1. The van der Waals surface area contributed by atoms with E-state index in [2.05, 4.69) is 10.3 Å². The zero-order valence-corrected chi connectivity index (χ0v) is 18.3. The van der Waals surface area contributed by atoms with Crippen molar-refractivity contribution in [3.63, 3.8) is 0 Å². The van der Waals surface area contributed by atoms with E-state index in [0.29, 0.717) is 13.0 Å². The molecule has 0 fully saturated rings. The van der Waals surface area contributed by atoms with Crippen LogP contribution in [0.1, 0.15) is 27.9 Å². The molecule has 2 amide bonds. The first-order valence-electron chi connectivity index (χ1n) is 9.45. The van der Waals surface area contributed by atoms with E-state index in [-0.39, 0.29) is 22.1 Å². The molecule has 0 aliphatic carbocycles. The van der Waals surface area contributed by atoms with E-state index < -0.39 is 52.7 Å². The van der Waals surface area contributed by atoms with Crippen molar-refractivity contribution in [2.24, 2.45) is 12.8 Å². The molecule has 0 saturated carbocycles. The molecule has 3 aromatic rings. The highest BCUT2D eigenvalue weighted by Crippen LogP contribution is 2.34. The van der Waals surface area contributed by atoms with Gasteiger partial charge in [0.15, 0.2) is 11.9 Å². The molecule has 1 atom stereocenters. The number of carbonyl (C=O) groups excluding carboxylic acids is 2. The Hall–Kier alpha value is -3.67. The number of aryl methyl sites for hydroxylation is 1. The molecule has 3 rings (SSSR count). The lowest BCUT2D eigenvalue weighted by atomic mass is 10.1. The van der Waals surface area contributed by atoms with Crippen LogP contribution in [-0.2, 0) is 7.05 Å². The first-order chi connectivity index (χ1) is 15.8. The molecule has 0 aliphatic heterocycles. The second-order valence-corrected chi connectivity index (χ2v) is 7.51. The van der Waals surface area contributed by atoms with E-state index in [0.717, 1.165) is 12.1 Å². The molecule has 13 heteroatoms. The van der Waals surface area contributed by atoms with Crippen molar-refractivity contribution in [3.8, 4) is 17.0 Å². The lowest BCUT2D eigenvalue weighted by molar-refractivity contribution is -0.189. The van der Waals surface area contributed by atoms with Crippen LogP contribution in [0.25, 0.3) is 11.3 Å². The highest BCUT2D eigenvalue weighted by atomic mass is 35.5. The summed E-state index contributed by atoms with van der Waals surface area (Å²) >= 11 is 5.87. The van der Waals surface area contributed by atoms with E-state index >= 15 is 0 Å². The minimum atomic E-state index is -4.82. The topological polar surface area (TPSA) is 99.2 Å². The largest absolute Gasteiger partial charge is 0.480 e. The number of hydrogen-bond donors (Lipinski definition) is 2. The summed E-state index contributed by atoms with van der Waals surface area (Å²) < 4.78 is 74.5.